The third-order valence-electron chi connectivity index (χ3n) is 4.18. The predicted octanol–water partition coefficient (Wildman–Crippen LogP) is 2.19. The second-order valence-electron chi connectivity index (χ2n) is 5.65. The minimum absolute atomic E-state index is 0.183. The third kappa shape index (κ3) is 2.87. The van der Waals surface area contributed by atoms with Crippen molar-refractivity contribution in [3.63, 3.8) is 0 Å². The zero-order valence-electron chi connectivity index (χ0n) is 11.6. The SMILES string of the molecule is N#Cc1cnc2cn(C[C@H]3CC[C@H](C(=O)O)CC3)nc2c1. The van der Waals surface area contributed by atoms with Crippen LogP contribution in [0.2, 0.25) is 0 Å². The Balaban J connectivity index is 1.68. The fourth-order valence-electron chi connectivity index (χ4n) is 2.96. The van der Waals surface area contributed by atoms with Crippen LogP contribution in [0.15, 0.2) is 18.5 Å². The van der Waals surface area contributed by atoms with Gasteiger partial charge in [0.2, 0.25) is 0 Å². The first-order chi connectivity index (χ1) is 10.2. The lowest BCUT2D eigenvalue weighted by Gasteiger charge is -2.25. The van der Waals surface area contributed by atoms with Crippen molar-refractivity contribution in [2.45, 2.75) is 32.2 Å². The van der Waals surface area contributed by atoms with Crippen LogP contribution in [0.3, 0.4) is 0 Å². The topological polar surface area (TPSA) is 91.8 Å². The van der Waals surface area contributed by atoms with Gasteiger partial charge in [-0.15, -0.1) is 0 Å². The summed E-state index contributed by atoms with van der Waals surface area (Å²) in [5.41, 5.74) is 2.02. The van der Waals surface area contributed by atoms with Crippen LogP contribution in [-0.2, 0) is 11.3 Å². The number of carboxylic acids is 1. The zero-order valence-corrected chi connectivity index (χ0v) is 11.6. The number of nitriles is 1. The van der Waals surface area contributed by atoms with Crippen LogP contribution < -0.4 is 0 Å². The first kappa shape index (κ1) is 13.6. The molecule has 0 atom stereocenters. The number of rotatable bonds is 3. The maximum Gasteiger partial charge on any atom is 0.306 e. The van der Waals surface area contributed by atoms with Gasteiger partial charge in [-0.2, -0.15) is 10.4 Å². The van der Waals surface area contributed by atoms with Gasteiger partial charge in [0, 0.05) is 12.7 Å². The number of fused-ring (bicyclic) bond motifs is 1. The van der Waals surface area contributed by atoms with Gasteiger partial charge in [-0.3, -0.25) is 14.5 Å². The Kier molecular flexibility index (Phi) is 3.57. The predicted molar refractivity (Wildman–Crippen MR) is 75.3 cm³/mol. The number of hydrogen-bond donors (Lipinski definition) is 1. The zero-order chi connectivity index (χ0) is 14.8. The van der Waals surface area contributed by atoms with Gasteiger partial charge in [-0.25, -0.2) is 0 Å². The molecule has 0 spiro atoms. The largest absolute Gasteiger partial charge is 0.481 e. The van der Waals surface area contributed by atoms with E-state index >= 15 is 0 Å². The first-order valence-electron chi connectivity index (χ1n) is 7.12. The minimum atomic E-state index is -0.675. The molecule has 0 unspecified atom stereocenters. The number of pyridine rings is 1. The van der Waals surface area contributed by atoms with Crippen molar-refractivity contribution in [1.82, 2.24) is 14.8 Å². The molecule has 6 heteroatoms. The summed E-state index contributed by atoms with van der Waals surface area (Å²) in [6.45, 7) is 0.782. The van der Waals surface area contributed by atoms with Crippen LogP contribution in [-0.4, -0.2) is 25.8 Å². The van der Waals surface area contributed by atoms with Gasteiger partial charge in [0.05, 0.1) is 17.7 Å². The van der Waals surface area contributed by atoms with E-state index in [9.17, 15) is 4.79 Å². The molecular formula is C15H16N4O2. The smallest absolute Gasteiger partial charge is 0.306 e. The summed E-state index contributed by atoms with van der Waals surface area (Å²) in [4.78, 5) is 15.2. The maximum absolute atomic E-state index is 10.9. The van der Waals surface area contributed by atoms with Crippen molar-refractivity contribution < 1.29 is 9.90 Å². The standard InChI is InChI=1S/C15H16N4O2/c16-6-11-5-13-14(17-7-11)9-19(18-13)8-10-1-3-12(4-2-10)15(20)21/h5,7,9-10,12H,1-4,8H2,(H,20,21)/t10-,12-. The second kappa shape index (κ2) is 5.52. The lowest BCUT2D eigenvalue weighted by Crippen LogP contribution is -2.23. The molecule has 1 N–H and O–H groups in total. The fourth-order valence-corrected chi connectivity index (χ4v) is 2.96. The molecular weight excluding hydrogens is 268 g/mol. The number of aromatic nitrogens is 3. The van der Waals surface area contributed by atoms with Crippen LogP contribution in [0.1, 0.15) is 31.2 Å². The molecule has 1 aliphatic rings. The van der Waals surface area contributed by atoms with Crippen LogP contribution in [0.25, 0.3) is 11.0 Å². The van der Waals surface area contributed by atoms with Crippen LogP contribution in [0.4, 0.5) is 0 Å². The summed E-state index contributed by atoms with van der Waals surface area (Å²) in [6, 6.07) is 3.79. The van der Waals surface area contributed by atoms with Crippen molar-refractivity contribution in [1.29, 1.82) is 5.26 Å². The summed E-state index contributed by atoms with van der Waals surface area (Å²) in [5, 5.41) is 22.3. The monoisotopic (exact) mass is 284 g/mol. The van der Waals surface area contributed by atoms with Crippen LogP contribution >= 0.6 is 0 Å². The highest BCUT2D eigenvalue weighted by Crippen LogP contribution is 2.30. The molecule has 1 saturated carbocycles. The lowest BCUT2D eigenvalue weighted by atomic mass is 9.82. The lowest BCUT2D eigenvalue weighted by molar-refractivity contribution is -0.143. The highest BCUT2D eigenvalue weighted by Gasteiger charge is 2.26. The normalized spacial score (nSPS) is 22.0. The molecule has 1 fully saturated rings. The van der Waals surface area contributed by atoms with E-state index in [1.807, 2.05) is 10.9 Å². The Hall–Kier alpha value is -2.42. The highest BCUT2D eigenvalue weighted by molar-refractivity contribution is 5.74. The average Bonchev–Trinajstić information content (AvgIpc) is 2.88. The van der Waals surface area contributed by atoms with Gasteiger partial charge in [0.1, 0.15) is 17.1 Å². The molecule has 0 aliphatic heterocycles. The molecule has 2 heterocycles. The van der Waals surface area contributed by atoms with Crippen molar-refractivity contribution >= 4 is 17.0 Å². The number of aliphatic carboxylic acids is 1. The minimum Gasteiger partial charge on any atom is -0.481 e. The molecule has 21 heavy (non-hydrogen) atoms. The molecule has 2 aromatic heterocycles. The molecule has 0 amide bonds. The van der Waals surface area contributed by atoms with E-state index in [0.717, 1.165) is 43.3 Å². The van der Waals surface area contributed by atoms with Gasteiger partial charge in [0.15, 0.2) is 0 Å². The Morgan fingerprint density at radius 1 is 1.38 bits per heavy atom. The van der Waals surface area contributed by atoms with Crippen molar-refractivity contribution in [3.8, 4) is 6.07 Å². The summed E-state index contributed by atoms with van der Waals surface area (Å²) in [6.07, 6.45) is 6.77. The van der Waals surface area contributed by atoms with E-state index in [0.29, 0.717) is 11.5 Å². The molecule has 108 valence electrons. The Morgan fingerprint density at radius 2 is 2.14 bits per heavy atom. The van der Waals surface area contributed by atoms with Gasteiger partial charge in [0.25, 0.3) is 0 Å². The Morgan fingerprint density at radius 3 is 2.81 bits per heavy atom. The Labute approximate surface area is 122 Å². The van der Waals surface area contributed by atoms with Gasteiger partial charge < -0.3 is 5.11 Å². The highest BCUT2D eigenvalue weighted by atomic mass is 16.4. The molecule has 3 rings (SSSR count). The van der Waals surface area contributed by atoms with Crippen molar-refractivity contribution in [2.75, 3.05) is 0 Å². The maximum atomic E-state index is 10.9. The van der Waals surface area contributed by atoms with Gasteiger partial charge in [-0.05, 0) is 37.7 Å². The molecule has 0 aromatic carbocycles. The Bertz CT molecular complexity index is 708. The van der Waals surface area contributed by atoms with E-state index in [1.54, 1.807) is 12.3 Å². The fraction of sp³-hybridized carbons (Fsp3) is 0.467. The van der Waals surface area contributed by atoms with E-state index in [2.05, 4.69) is 16.2 Å². The molecule has 2 aromatic rings. The number of hydrogen-bond acceptors (Lipinski definition) is 4. The quantitative estimate of drug-likeness (QED) is 0.932. The molecule has 0 saturated heterocycles. The molecule has 0 radical (unpaired) electrons. The van der Waals surface area contributed by atoms with Gasteiger partial charge in [-0.1, -0.05) is 0 Å². The summed E-state index contributed by atoms with van der Waals surface area (Å²) < 4.78 is 1.87. The molecule has 6 nitrogen and oxygen atoms in total. The summed E-state index contributed by atoms with van der Waals surface area (Å²) in [5.74, 6) is -0.394. The third-order valence-corrected chi connectivity index (χ3v) is 4.18. The summed E-state index contributed by atoms with van der Waals surface area (Å²) >= 11 is 0. The van der Waals surface area contributed by atoms with Crippen molar-refractivity contribution in [3.05, 3.63) is 24.0 Å². The van der Waals surface area contributed by atoms with E-state index in [-0.39, 0.29) is 5.92 Å². The first-order valence-corrected chi connectivity index (χ1v) is 7.12. The van der Waals surface area contributed by atoms with E-state index in [1.165, 1.54) is 0 Å². The molecule has 0 bridgehead atoms. The van der Waals surface area contributed by atoms with E-state index < -0.39 is 5.97 Å². The molecule has 1 aliphatic carbocycles. The van der Waals surface area contributed by atoms with Crippen LogP contribution in [0, 0.1) is 23.2 Å². The summed E-state index contributed by atoms with van der Waals surface area (Å²) in [7, 11) is 0. The van der Waals surface area contributed by atoms with Gasteiger partial charge >= 0.3 is 5.97 Å². The number of nitrogens with zero attached hydrogens (tertiary/aromatic N) is 4. The number of carboxylic acid groups (broad SMARTS) is 1. The van der Waals surface area contributed by atoms with Crippen molar-refractivity contribution in [2.24, 2.45) is 11.8 Å². The average molecular weight is 284 g/mol. The number of carbonyl (C=O) groups is 1. The van der Waals surface area contributed by atoms with E-state index in [4.69, 9.17) is 10.4 Å². The van der Waals surface area contributed by atoms with Crippen LogP contribution in [0.5, 0.6) is 0 Å². The second-order valence-corrected chi connectivity index (χ2v) is 5.65.